The van der Waals surface area contributed by atoms with E-state index in [1.807, 2.05) is 30.3 Å². The quantitative estimate of drug-likeness (QED) is 0.694. The zero-order chi connectivity index (χ0) is 17.9. The van der Waals surface area contributed by atoms with Crippen LogP contribution in [0, 0.1) is 0 Å². The van der Waals surface area contributed by atoms with Gasteiger partial charge in [0, 0.05) is 37.2 Å². The number of hydrogen-bond acceptors (Lipinski definition) is 2. The molecule has 0 atom stereocenters. The maximum Gasteiger partial charge on any atom is 0.410 e. The summed E-state index contributed by atoms with van der Waals surface area (Å²) < 4.78 is 7.55. The Kier molecular flexibility index (Phi) is 4.48. The van der Waals surface area contributed by atoms with E-state index in [2.05, 4.69) is 48.2 Å². The number of amides is 1. The summed E-state index contributed by atoms with van der Waals surface area (Å²) in [5, 5.41) is 1.25. The van der Waals surface area contributed by atoms with Gasteiger partial charge < -0.3 is 14.2 Å². The molecule has 4 nitrogen and oxygen atoms in total. The molecule has 2 aromatic carbocycles. The van der Waals surface area contributed by atoms with Crippen LogP contribution in [0.3, 0.4) is 0 Å². The highest BCUT2D eigenvalue weighted by molar-refractivity contribution is 5.85. The molecule has 0 unspecified atom stereocenters. The summed E-state index contributed by atoms with van der Waals surface area (Å²) in [4.78, 5) is 14.0. The molecule has 0 N–H and O–H groups in total. The molecule has 0 saturated carbocycles. The topological polar surface area (TPSA) is 34.5 Å². The van der Waals surface area contributed by atoms with Crippen LogP contribution < -0.4 is 0 Å². The minimum absolute atomic E-state index is 0.248. The van der Waals surface area contributed by atoms with Gasteiger partial charge in [-0.05, 0) is 41.3 Å². The maximum absolute atomic E-state index is 12.3. The number of fused-ring (bicyclic) bond motifs is 1. The lowest BCUT2D eigenvalue weighted by atomic mass is 9.98. The standard InChI is InChI=1S/C22H22N2O2/c1-23-12-9-20-15-19(7-8-21(20)23)18-10-13-24(14-11-18)22(25)26-16-17-5-3-2-4-6-17/h2-10,12,15H,11,13-14,16H2,1H3. The zero-order valence-corrected chi connectivity index (χ0v) is 14.9. The summed E-state index contributed by atoms with van der Waals surface area (Å²) in [7, 11) is 2.06. The molecule has 0 spiro atoms. The van der Waals surface area contributed by atoms with E-state index < -0.39 is 0 Å². The third-order valence-corrected chi connectivity index (χ3v) is 4.93. The normalized spacial score (nSPS) is 14.3. The fourth-order valence-electron chi connectivity index (χ4n) is 3.39. The fourth-order valence-corrected chi connectivity index (χ4v) is 3.39. The first-order valence-corrected chi connectivity index (χ1v) is 8.91. The monoisotopic (exact) mass is 346 g/mol. The molecule has 1 aliphatic rings. The average Bonchev–Trinajstić information content (AvgIpc) is 3.07. The van der Waals surface area contributed by atoms with Gasteiger partial charge in [0.1, 0.15) is 6.61 Å². The smallest absolute Gasteiger partial charge is 0.410 e. The molecule has 132 valence electrons. The van der Waals surface area contributed by atoms with Crippen molar-refractivity contribution in [3.8, 4) is 0 Å². The molecule has 3 aromatic rings. The van der Waals surface area contributed by atoms with Gasteiger partial charge in [0.05, 0.1) is 0 Å². The molecule has 26 heavy (non-hydrogen) atoms. The minimum Gasteiger partial charge on any atom is -0.445 e. The van der Waals surface area contributed by atoms with Gasteiger partial charge in [-0.25, -0.2) is 4.79 Å². The van der Waals surface area contributed by atoms with Crippen molar-refractivity contribution in [2.24, 2.45) is 7.05 Å². The number of rotatable bonds is 3. The Morgan fingerprint density at radius 3 is 2.73 bits per heavy atom. The summed E-state index contributed by atoms with van der Waals surface area (Å²) in [6, 6.07) is 18.5. The summed E-state index contributed by atoms with van der Waals surface area (Å²) in [5.74, 6) is 0. The Hall–Kier alpha value is -3.01. The molecule has 0 fully saturated rings. The van der Waals surface area contributed by atoms with Gasteiger partial charge in [0.25, 0.3) is 0 Å². The van der Waals surface area contributed by atoms with Gasteiger partial charge in [0.2, 0.25) is 0 Å². The second kappa shape index (κ2) is 7.08. The minimum atomic E-state index is -0.248. The summed E-state index contributed by atoms with van der Waals surface area (Å²) >= 11 is 0. The second-order valence-corrected chi connectivity index (χ2v) is 6.67. The zero-order valence-electron chi connectivity index (χ0n) is 14.9. The highest BCUT2D eigenvalue weighted by Gasteiger charge is 2.19. The van der Waals surface area contributed by atoms with E-state index >= 15 is 0 Å². The highest BCUT2D eigenvalue weighted by atomic mass is 16.6. The third-order valence-electron chi connectivity index (χ3n) is 4.93. The summed E-state index contributed by atoms with van der Waals surface area (Å²) in [6.07, 6.45) is 4.81. The Labute approximate surface area is 153 Å². The van der Waals surface area contributed by atoms with Gasteiger partial charge in [-0.2, -0.15) is 0 Å². The van der Waals surface area contributed by atoms with Crippen LogP contribution in [0.25, 0.3) is 16.5 Å². The van der Waals surface area contributed by atoms with Crippen LogP contribution in [0.5, 0.6) is 0 Å². The Morgan fingerprint density at radius 1 is 1.12 bits per heavy atom. The lowest BCUT2D eigenvalue weighted by Crippen LogP contribution is -2.35. The number of carbonyl (C=O) groups is 1. The van der Waals surface area contributed by atoms with Crippen molar-refractivity contribution in [1.29, 1.82) is 0 Å². The van der Waals surface area contributed by atoms with Crippen molar-refractivity contribution in [3.05, 3.63) is 78.0 Å². The van der Waals surface area contributed by atoms with E-state index in [0.717, 1.165) is 12.0 Å². The van der Waals surface area contributed by atoms with Crippen molar-refractivity contribution >= 4 is 22.6 Å². The van der Waals surface area contributed by atoms with Crippen LogP contribution in [0.1, 0.15) is 17.5 Å². The van der Waals surface area contributed by atoms with Gasteiger partial charge in [-0.3, -0.25) is 0 Å². The molecule has 0 aliphatic carbocycles. The van der Waals surface area contributed by atoms with Gasteiger partial charge in [-0.15, -0.1) is 0 Å². The van der Waals surface area contributed by atoms with Crippen molar-refractivity contribution in [1.82, 2.24) is 9.47 Å². The number of aromatic nitrogens is 1. The van der Waals surface area contributed by atoms with Crippen LogP contribution in [-0.2, 0) is 18.4 Å². The number of aryl methyl sites for hydroxylation is 1. The van der Waals surface area contributed by atoms with Crippen molar-refractivity contribution < 1.29 is 9.53 Å². The third kappa shape index (κ3) is 3.36. The number of benzene rings is 2. The average molecular weight is 346 g/mol. The lowest BCUT2D eigenvalue weighted by molar-refractivity contribution is 0.0998. The van der Waals surface area contributed by atoms with Crippen LogP contribution in [0.15, 0.2) is 66.9 Å². The molecular weight excluding hydrogens is 324 g/mol. The molecule has 0 bridgehead atoms. The SMILES string of the molecule is Cn1ccc2cc(C3=CCN(C(=O)OCc4ccccc4)CC3)ccc21. The van der Waals surface area contributed by atoms with E-state index in [4.69, 9.17) is 4.74 Å². The number of carbonyl (C=O) groups excluding carboxylic acids is 1. The maximum atomic E-state index is 12.3. The lowest BCUT2D eigenvalue weighted by Gasteiger charge is -2.26. The number of nitrogens with zero attached hydrogens (tertiary/aromatic N) is 2. The molecular formula is C22H22N2O2. The predicted octanol–water partition coefficient (Wildman–Crippen LogP) is 4.60. The van der Waals surface area contributed by atoms with Gasteiger partial charge in [-0.1, -0.05) is 42.5 Å². The van der Waals surface area contributed by atoms with Crippen LogP contribution in [-0.4, -0.2) is 28.6 Å². The van der Waals surface area contributed by atoms with Gasteiger partial charge >= 0.3 is 6.09 Å². The highest BCUT2D eigenvalue weighted by Crippen LogP contribution is 2.26. The van der Waals surface area contributed by atoms with Crippen molar-refractivity contribution in [2.75, 3.05) is 13.1 Å². The predicted molar refractivity (Wildman–Crippen MR) is 104 cm³/mol. The Balaban J connectivity index is 1.39. The molecule has 2 heterocycles. The van der Waals surface area contributed by atoms with Crippen LogP contribution in [0.4, 0.5) is 4.79 Å². The molecule has 1 amide bonds. The Morgan fingerprint density at radius 2 is 1.96 bits per heavy atom. The largest absolute Gasteiger partial charge is 0.445 e. The summed E-state index contributed by atoms with van der Waals surface area (Å²) in [6.45, 7) is 1.60. The first-order chi connectivity index (χ1) is 12.7. The molecule has 1 aliphatic heterocycles. The van der Waals surface area contributed by atoms with E-state index in [-0.39, 0.29) is 6.09 Å². The van der Waals surface area contributed by atoms with E-state index in [9.17, 15) is 4.79 Å². The molecule has 0 saturated heterocycles. The molecule has 0 radical (unpaired) electrons. The molecule has 4 heteroatoms. The Bertz CT molecular complexity index is 957. The number of hydrogen-bond donors (Lipinski definition) is 0. The van der Waals surface area contributed by atoms with E-state index in [0.29, 0.717) is 19.7 Å². The van der Waals surface area contributed by atoms with Crippen LogP contribution in [0.2, 0.25) is 0 Å². The second-order valence-electron chi connectivity index (χ2n) is 6.67. The fraction of sp³-hybridized carbons (Fsp3) is 0.227. The van der Waals surface area contributed by atoms with E-state index in [1.165, 1.54) is 22.0 Å². The van der Waals surface area contributed by atoms with Crippen molar-refractivity contribution in [2.45, 2.75) is 13.0 Å². The van der Waals surface area contributed by atoms with Crippen LogP contribution >= 0.6 is 0 Å². The number of ether oxygens (including phenoxy) is 1. The van der Waals surface area contributed by atoms with Crippen molar-refractivity contribution in [3.63, 3.8) is 0 Å². The van der Waals surface area contributed by atoms with E-state index in [1.54, 1.807) is 4.90 Å². The van der Waals surface area contributed by atoms with Gasteiger partial charge in [0.15, 0.2) is 0 Å². The molecule has 4 rings (SSSR count). The molecule has 1 aromatic heterocycles. The summed E-state index contributed by atoms with van der Waals surface area (Å²) in [5.41, 5.74) is 4.77. The first kappa shape index (κ1) is 16.5. The first-order valence-electron chi connectivity index (χ1n) is 8.91.